The molecule has 24 heavy (non-hydrogen) atoms. The number of nitrogens with zero attached hydrogens (tertiary/aromatic N) is 1. The SMILES string of the molecule is Cl.O=C(CN1CCNCC12CCCCC2)NCc1ccc(F)cc1. The number of rotatable bonds is 4. The fourth-order valence-electron chi connectivity index (χ4n) is 3.87. The highest BCUT2D eigenvalue weighted by atomic mass is 35.5. The van der Waals surface area contributed by atoms with E-state index in [1.807, 2.05) is 0 Å². The van der Waals surface area contributed by atoms with Gasteiger partial charge < -0.3 is 10.6 Å². The monoisotopic (exact) mass is 355 g/mol. The Balaban J connectivity index is 0.00000208. The van der Waals surface area contributed by atoms with Crippen molar-refractivity contribution >= 4 is 18.3 Å². The maximum atomic E-state index is 12.9. The van der Waals surface area contributed by atoms with Crippen LogP contribution in [-0.2, 0) is 11.3 Å². The van der Waals surface area contributed by atoms with E-state index < -0.39 is 0 Å². The topological polar surface area (TPSA) is 44.4 Å². The summed E-state index contributed by atoms with van der Waals surface area (Å²) in [6.45, 7) is 3.80. The van der Waals surface area contributed by atoms with E-state index in [4.69, 9.17) is 0 Å². The molecule has 2 fully saturated rings. The Morgan fingerprint density at radius 1 is 1.21 bits per heavy atom. The second-order valence-electron chi connectivity index (χ2n) is 6.79. The smallest absolute Gasteiger partial charge is 0.234 e. The summed E-state index contributed by atoms with van der Waals surface area (Å²) in [4.78, 5) is 14.7. The minimum atomic E-state index is -0.250. The third-order valence-electron chi connectivity index (χ3n) is 5.21. The summed E-state index contributed by atoms with van der Waals surface area (Å²) in [7, 11) is 0. The third kappa shape index (κ3) is 4.68. The molecule has 0 radical (unpaired) electrons. The second kappa shape index (κ2) is 8.79. The highest BCUT2D eigenvalue weighted by molar-refractivity contribution is 5.85. The van der Waals surface area contributed by atoms with Gasteiger partial charge >= 0.3 is 0 Å². The lowest BCUT2D eigenvalue weighted by Crippen LogP contribution is -2.63. The van der Waals surface area contributed by atoms with E-state index in [1.54, 1.807) is 12.1 Å². The molecule has 3 rings (SSSR count). The summed E-state index contributed by atoms with van der Waals surface area (Å²) >= 11 is 0. The normalized spacial score (nSPS) is 20.4. The number of benzene rings is 1. The van der Waals surface area contributed by atoms with Crippen LogP contribution in [0.3, 0.4) is 0 Å². The molecule has 0 aromatic heterocycles. The average Bonchev–Trinajstić information content (AvgIpc) is 2.57. The van der Waals surface area contributed by atoms with E-state index in [-0.39, 0.29) is 29.7 Å². The van der Waals surface area contributed by atoms with Gasteiger partial charge in [0.05, 0.1) is 6.54 Å². The molecular weight excluding hydrogens is 329 g/mol. The van der Waals surface area contributed by atoms with Crippen LogP contribution in [0.25, 0.3) is 0 Å². The predicted octanol–water partition coefficient (Wildman–Crippen LogP) is 2.47. The second-order valence-corrected chi connectivity index (χ2v) is 6.79. The number of hydrogen-bond donors (Lipinski definition) is 2. The van der Waals surface area contributed by atoms with Crippen molar-refractivity contribution in [3.8, 4) is 0 Å². The molecule has 134 valence electrons. The summed E-state index contributed by atoms with van der Waals surface area (Å²) in [5.41, 5.74) is 1.09. The molecule has 1 aliphatic heterocycles. The van der Waals surface area contributed by atoms with Crippen molar-refractivity contribution in [3.05, 3.63) is 35.6 Å². The lowest BCUT2D eigenvalue weighted by atomic mass is 9.79. The van der Waals surface area contributed by atoms with Crippen molar-refractivity contribution in [2.45, 2.75) is 44.2 Å². The molecule has 1 amide bonds. The van der Waals surface area contributed by atoms with Gasteiger partial charge in [-0.3, -0.25) is 9.69 Å². The van der Waals surface area contributed by atoms with Gasteiger partial charge in [0, 0.05) is 31.7 Å². The number of carbonyl (C=O) groups excluding carboxylic acids is 1. The van der Waals surface area contributed by atoms with E-state index in [2.05, 4.69) is 15.5 Å². The van der Waals surface area contributed by atoms with Gasteiger partial charge in [-0.15, -0.1) is 12.4 Å². The van der Waals surface area contributed by atoms with Crippen LogP contribution in [0.4, 0.5) is 4.39 Å². The molecule has 2 N–H and O–H groups in total. The zero-order valence-electron chi connectivity index (χ0n) is 14.0. The lowest BCUT2D eigenvalue weighted by Gasteiger charge is -2.49. The van der Waals surface area contributed by atoms with Gasteiger partial charge in [-0.1, -0.05) is 31.4 Å². The molecule has 0 unspecified atom stereocenters. The van der Waals surface area contributed by atoms with Crippen molar-refractivity contribution < 1.29 is 9.18 Å². The average molecular weight is 356 g/mol. The number of carbonyl (C=O) groups is 1. The van der Waals surface area contributed by atoms with Crippen LogP contribution in [0.15, 0.2) is 24.3 Å². The Hall–Kier alpha value is -1.17. The maximum Gasteiger partial charge on any atom is 0.234 e. The number of hydrogen-bond acceptors (Lipinski definition) is 3. The molecule has 1 spiro atoms. The van der Waals surface area contributed by atoms with Crippen molar-refractivity contribution in [1.29, 1.82) is 0 Å². The molecule has 1 saturated heterocycles. The van der Waals surface area contributed by atoms with Crippen molar-refractivity contribution in [2.75, 3.05) is 26.2 Å². The Labute approximate surface area is 149 Å². The van der Waals surface area contributed by atoms with Crippen LogP contribution in [0.2, 0.25) is 0 Å². The van der Waals surface area contributed by atoms with Gasteiger partial charge in [-0.2, -0.15) is 0 Å². The fraction of sp³-hybridized carbons (Fsp3) is 0.611. The molecule has 4 nitrogen and oxygen atoms in total. The van der Waals surface area contributed by atoms with E-state index in [1.165, 1.54) is 44.2 Å². The quantitative estimate of drug-likeness (QED) is 0.872. The summed E-state index contributed by atoms with van der Waals surface area (Å²) < 4.78 is 12.9. The van der Waals surface area contributed by atoms with E-state index in [0.29, 0.717) is 13.1 Å². The fourth-order valence-corrected chi connectivity index (χ4v) is 3.87. The van der Waals surface area contributed by atoms with Crippen LogP contribution in [-0.4, -0.2) is 42.5 Å². The largest absolute Gasteiger partial charge is 0.351 e. The van der Waals surface area contributed by atoms with Crippen LogP contribution in [0.1, 0.15) is 37.7 Å². The predicted molar refractivity (Wildman–Crippen MR) is 95.8 cm³/mol. The summed E-state index contributed by atoms with van der Waals surface area (Å²) in [5.74, 6) is -0.193. The molecule has 0 atom stereocenters. The first-order valence-corrected chi connectivity index (χ1v) is 8.65. The first-order chi connectivity index (χ1) is 11.2. The molecule has 1 aromatic rings. The third-order valence-corrected chi connectivity index (χ3v) is 5.21. The summed E-state index contributed by atoms with van der Waals surface area (Å²) in [5, 5.41) is 6.47. The van der Waals surface area contributed by atoms with Gasteiger partial charge in [0.1, 0.15) is 5.82 Å². The molecule has 6 heteroatoms. The zero-order valence-corrected chi connectivity index (χ0v) is 14.8. The Kier molecular flexibility index (Phi) is 7.02. The van der Waals surface area contributed by atoms with Gasteiger partial charge in [0.2, 0.25) is 5.91 Å². The van der Waals surface area contributed by atoms with Gasteiger partial charge in [0.15, 0.2) is 0 Å². The summed E-state index contributed by atoms with van der Waals surface area (Å²) in [6.07, 6.45) is 6.20. The van der Waals surface area contributed by atoms with Crippen LogP contribution in [0.5, 0.6) is 0 Å². The first kappa shape index (κ1) is 19.2. The first-order valence-electron chi connectivity index (χ1n) is 8.65. The van der Waals surface area contributed by atoms with Crippen LogP contribution < -0.4 is 10.6 Å². The van der Waals surface area contributed by atoms with E-state index >= 15 is 0 Å². The highest BCUT2D eigenvalue weighted by Crippen LogP contribution is 2.34. The number of piperazine rings is 1. The number of nitrogens with one attached hydrogen (secondary N) is 2. The highest BCUT2D eigenvalue weighted by Gasteiger charge is 2.40. The molecule has 1 aromatic carbocycles. The molecule has 0 bridgehead atoms. The van der Waals surface area contributed by atoms with E-state index in [0.717, 1.165) is 25.2 Å². The van der Waals surface area contributed by atoms with Crippen molar-refractivity contribution in [3.63, 3.8) is 0 Å². The molecule has 1 saturated carbocycles. The van der Waals surface area contributed by atoms with Gasteiger partial charge in [-0.05, 0) is 30.5 Å². The van der Waals surface area contributed by atoms with Gasteiger partial charge in [-0.25, -0.2) is 4.39 Å². The van der Waals surface area contributed by atoms with Crippen molar-refractivity contribution in [1.82, 2.24) is 15.5 Å². The lowest BCUT2D eigenvalue weighted by molar-refractivity contribution is -0.125. The number of amides is 1. The van der Waals surface area contributed by atoms with Crippen LogP contribution >= 0.6 is 12.4 Å². The molecular formula is C18H27ClFN3O. The number of halogens is 2. The Morgan fingerprint density at radius 2 is 1.92 bits per heavy atom. The molecule has 2 aliphatic rings. The molecule has 1 heterocycles. The summed E-state index contributed by atoms with van der Waals surface area (Å²) in [6, 6.07) is 6.27. The molecule has 1 aliphatic carbocycles. The Bertz CT molecular complexity index is 523. The zero-order chi connectivity index (χ0) is 16.1. The maximum absolute atomic E-state index is 12.9. The van der Waals surface area contributed by atoms with Gasteiger partial charge in [0.25, 0.3) is 0 Å². The van der Waals surface area contributed by atoms with Crippen molar-refractivity contribution in [2.24, 2.45) is 0 Å². The van der Waals surface area contributed by atoms with E-state index in [9.17, 15) is 9.18 Å². The standard InChI is InChI=1S/C18H26FN3O.ClH/c19-16-6-4-15(5-7-16)12-21-17(23)13-22-11-10-20-14-18(22)8-2-1-3-9-18;/h4-7,20H,1-3,8-14H2,(H,21,23);1H. The minimum Gasteiger partial charge on any atom is -0.351 e. The minimum absolute atomic E-state index is 0. The Morgan fingerprint density at radius 3 is 2.62 bits per heavy atom. The van der Waals surface area contributed by atoms with Crippen LogP contribution in [0, 0.1) is 5.82 Å².